The van der Waals surface area contributed by atoms with Gasteiger partial charge in [-0.25, -0.2) is 8.42 Å². The number of hydrogen-bond donors (Lipinski definition) is 1. The first-order valence-corrected chi connectivity index (χ1v) is 8.45. The molecule has 0 saturated carbocycles. The van der Waals surface area contributed by atoms with Gasteiger partial charge in [0.1, 0.15) is 0 Å². The summed E-state index contributed by atoms with van der Waals surface area (Å²) in [6.45, 7) is 8.27. The van der Waals surface area contributed by atoms with Crippen LogP contribution in [0.15, 0.2) is 0 Å². The molecule has 1 fully saturated rings. The van der Waals surface area contributed by atoms with Gasteiger partial charge in [-0.05, 0) is 20.3 Å². The summed E-state index contributed by atoms with van der Waals surface area (Å²) in [6, 6.07) is 0.138. The molecule has 1 aliphatic rings. The summed E-state index contributed by atoms with van der Waals surface area (Å²) < 4.78 is 25.3. The van der Waals surface area contributed by atoms with Crippen molar-refractivity contribution in [2.45, 2.75) is 33.2 Å². The molecular formula is C12H25N3O3S. The Morgan fingerprint density at radius 2 is 1.79 bits per heavy atom. The molecule has 1 saturated heterocycles. The topological polar surface area (TPSA) is 69.7 Å². The van der Waals surface area contributed by atoms with Crippen LogP contribution in [-0.2, 0) is 14.8 Å². The van der Waals surface area contributed by atoms with E-state index in [1.807, 2.05) is 25.7 Å². The Kier molecular flexibility index (Phi) is 6.22. The Morgan fingerprint density at radius 3 is 2.26 bits per heavy atom. The van der Waals surface area contributed by atoms with Gasteiger partial charge >= 0.3 is 0 Å². The number of hydrogen-bond acceptors (Lipinski definition) is 4. The summed E-state index contributed by atoms with van der Waals surface area (Å²) in [5, 5.41) is 2.84. The lowest BCUT2D eigenvalue weighted by molar-refractivity contribution is -0.123. The van der Waals surface area contributed by atoms with Gasteiger partial charge in [-0.2, -0.15) is 4.31 Å². The fourth-order valence-corrected chi connectivity index (χ4v) is 3.62. The van der Waals surface area contributed by atoms with Gasteiger partial charge in [-0.1, -0.05) is 6.92 Å². The normalized spacial score (nSPS) is 18.7. The summed E-state index contributed by atoms with van der Waals surface area (Å²) in [4.78, 5) is 13.6. The lowest BCUT2D eigenvalue weighted by Crippen LogP contribution is -2.51. The van der Waals surface area contributed by atoms with Crippen molar-refractivity contribution in [2.24, 2.45) is 0 Å². The van der Waals surface area contributed by atoms with E-state index in [1.165, 1.54) is 4.31 Å². The molecule has 0 aromatic heterocycles. The van der Waals surface area contributed by atoms with Gasteiger partial charge in [0.25, 0.3) is 0 Å². The van der Waals surface area contributed by atoms with E-state index in [0.29, 0.717) is 39.1 Å². The molecule has 1 amide bonds. The Bertz CT molecular complexity index is 387. The maximum atomic E-state index is 11.9. The molecule has 0 aliphatic carbocycles. The standard InChI is InChI=1S/C12H25N3O3S/c1-4-9-19(17,18)15-7-5-14(6-8-15)10-12(16)13-11(2)3/h11H,4-10H2,1-3H3,(H,13,16). The zero-order valence-corrected chi connectivity index (χ0v) is 12.9. The van der Waals surface area contributed by atoms with E-state index in [4.69, 9.17) is 0 Å². The summed E-state index contributed by atoms with van der Waals surface area (Å²) in [7, 11) is -3.10. The highest BCUT2D eigenvalue weighted by Crippen LogP contribution is 2.08. The maximum absolute atomic E-state index is 11.9. The van der Waals surface area contributed by atoms with Crippen LogP contribution in [0.1, 0.15) is 27.2 Å². The quantitative estimate of drug-likeness (QED) is 0.740. The second-order valence-corrected chi connectivity index (χ2v) is 7.30. The van der Waals surface area contributed by atoms with E-state index in [2.05, 4.69) is 5.32 Å². The Hall–Kier alpha value is -0.660. The fraction of sp³-hybridized carbons (Fsp3) is 0.917. The molecule has 0 spiro atoms. The van der Waals surface area contributed by atoms with E-state index in [1.54, 1.807) is 0 Å². The van der Waals surface area contributed by atoms with Gasteiger partial charge in [0.05, 0.1) is 12.3 Å². The Morgan fingerprint density at radius 1 is 1.21 bits per heavy atom. The average Bonchev–Trinajstić information content (AvgIpc) is 2.28. The molecule has 1 heterocycles. The van der Waals surface area contributed by atoms with Gasteiger partial charge < -0.3 is 5.32 Å². The third kappa shape index (κ3) is 5.46. The molecule has 0 radical (unpaired) electrons. The second kappa shape index (κ2) is 7.21. The molecule has 0 atom stereocenters. The highest BCUT2D eigenvalue weighted by Gasteiger charge is 2.26. The highest BCUT2D eigenvalue weighted by molar-refractivity contribution is 7.89. The van der Waals surface area contributed by atoms with Crippen LogP contribution in [0, 0.1) is 0 Å². The third-order valence-corrected chi connectivity index (χ3v) is 5.08. The van der Waals surface area contributed by atoms with Crippen LogP contribution in [-0.4, -0.2) is 68.0 Å². The van der Waals surface area contributed by atoms with Gasteiger partial charge in [-0.15, -0.1) is 0 Å². The zero-order valence-electron chi connectivity index (χ0n) is 12.1. The van der Waals surface area contributed by atoms with Crippen molar-refractivity contribution in [1.29, 1.82) is 0 Å². The van der Waals surface area contributed by atoms with Gasteiger partial charge in [0.15, 0.2) is 0 Å². The van der Waals surface area contributed by atoms with E-state index in [-0.39, 0.29) is 17.7 Å². The summed E-state index contributed by atoms with van der Waals surface area (Å²) in [5.74, 6) is 0.209. The summed E-state index contributed by atoms with van der Waals surface area (Å²) >= 11 is 0. The SMILES string of the molecule is CCCS(=O)(=O)N1CCN(CC(=O)NC(C)C)CC1. The second-order valence-electron chi connectivity index (χ2n) is 5.21. The van der Waals surface area contributed by atoms with Crippen LogP contribution < -0.4 is 5.32 Å². The molecule has 19 heavy (non-hydrogen) atoms. The first kappa shape index (κ1) is 16.4. The number of nitrogens with zero attached hydrogens (tertiary/aromatic N) is 2. The number of carbonyl (C=O) groups excluding carboxylic acids is 1. The predicted octanol–water partition coefficient (Wildman–Crippen LogP) is -0.132. The van der Waals surface area contributed by atoms with Crippen molar-refractivity contribution >= 4 is 15.9 Å². The first-order chi connectivity index (χ1) is 8.85. The zero-order chi connectivity index (χ0) is 14.5. The molecule has 0 aromatic rings. The number of amides is 1. The van der Waals surface area contributed by atoms with E-state index in [0.717, 1.165) is 0 Å². The van der Waals surface area contributed by atoms with Crippen molar-refractivity contribution in [3.05, 3.63) is 0 Å². The number of rotatable bonds is 6. The Balaban J connectivity index is 2.39. The lowest BCUT2D eigenvalue weighted by Gasteiger charge is -2.33. The molecule has 6 nitrogen and oxygen atoms in total. The minimum absolute atomic E-state index is 0.000125. The third-order valence-electron chi connectivity index (χ3n) is 3.00. The molecule has 0 unspecified atom stereocenters. The largest absolute Gasteiger partial charge is 0.353 e. The van der Waals surface area contributed by atoms with Crippen LogP contribution in [0.4, 0.5) is 0 Å². The highest BCUT2D eigenvalue weighted by atomic mass is 32.2. The molecule has 1 rings (SSSR count). The van der Waals surface area contributed by atoms with Gasteiger partial charge in [0, 0.05) is 32.2 Å². The van der Waals surface area contributed by atoms with Crippen molar-refractivity contribution < 1.29 is 13.2 Å². The predicted molar refractivity (Wildman–Crippen MR) is 75.4 cm³/mol. The van der Waals surface area contributed by atoms with E-state index in [9.17, 15) is 13.2 Å². The van der Waals surface area contributed by atoms with E-state index >= 15 is 0 Å². The number of sulfonamides is 1. The first-order valence-electron chi connectivity index (χ1n) is 6.84. The van der Waals surface area contributed by atoms with Crippen LogP contribution in [0.5, 0.6) is 0 Å². The number of piperazine rings is 1. The van der Waals surface area contributed by atoms with E-state index < -0.39 is 10.0 Å². The van der Waals surface area contributed by atoms with Crippen LogP contribution in [0.2, 0.25) is 0 Å². The van der Waals surface area contributed by atoms with Crippen LogP contribution >= 0.6 is 0 Å². The molecule has 0 bridgehead atoms. The van der Waals surface area contributed by atoms with Crippen molar-refractivity contribution in [3.63, 3.8) is 0 Å². The lowest BCUT2D eigenvalue weighted by atomic mass is 10.3. The summed E-state index contributed by atoms with van der Waals surface area (Å²) in [6.07, 6.45) is 0.638. The number of carbonyl (C=O) groups is 1. The molecule has 7 heteroatoms. The van der Waals surface area contributed by atoms with Gasteiger partial charge in [-0.3, -0.25) is 9.69 Å². The van der Waals surface area contributed by atoms with Crippen LogP contribution in [0.25, 0.3) is 0 Å². The molecule has 1 aliphatic heterocycles. The molecule has 1 N–H and O–H groups in total. The summed E-state index contributed by atoms with van der Waals surface area (Å²) in [5.41, 5.74) is 0. The number of nitrogens with one attached hydrogen (secondary N) is 1. The molecule has 112 valence electrons. The monoisotopic (exact) mass is 291 g/mol. The minimum Gasteiger partial charge on any atom is -0.353 e. The smallest absolute Gasteiger partial charge is 0.234 e. The van der Waals surface area contributed by atoms with Crippen molar-refractivity contribution in [3.8, 4) is 0 Å². The van der Waals surface area contributed by atoms with Crippen LogP contribution in [0.3, 0.4) is 0 Å². The average molecular weight is 291 g/mol. The maximum Gasteiger partial charge on any atom is 0.234 e. The fourth-order valence-electron chi connectivity index (χ4n) is 2.12. The van der Waals surface area contributed by atoms with Crippen molar-refractivity contribution in [1.82, 2.24) is 14.5 Å². The minimum atomic E-state index is -3.10. The molecule has 0 aromatic carbocycles. The van der Waals surface area contributed by atoms with Crippen molar-refractivity contribution in [2.75, 3.05) is 38.5 Å². The van der Waals surface area contributed by atoms with Gasteiger partial charge in [0.2, 0.25) is 15.9 Å². The Labute approximate surface area is 116 Å². The molecular weight excluding hydrogens is 266 g/mol.